The Morgan fingerprint density at radius 1 is 1.21 bits per heavy atom. The molecule has 1 fully saturated rings. The molecule has 1 aromatic carbocycles. The Morgan fingerprint density at radius 3 is 2.46 bits per heavy atom. The second kappa shape index (κ2) is 8.92. The van der Waals surface area contributed by atoms with Crippen molar-refractivity contribution in [3.63, 3.8) is 0 Å². The summed E-state index contributed by atoms with van der Waals surface area (Å²) in [6, 6.07) is 5.25. The third-order valence-corrected chi connectivity index (χ3v) is 4.53. The molecule has 1 amide bonds. The van der Waals surface area contributed by atoms with E-state index in [1.165, 1.54) is 6.54 Å². The van der Waals surface area contributed by atoms with Gasteiger partial charge in [-0.15, -0.1) is 0 Å². The summed E-state index contributed by atoms with van der Waals surface area (Å²) in [6.07, 6.45) is 2.30. The Balaban J connectivity index is 1.81. The number of rotatable bonds is 7. The van der Waals surface area contributed by atoms with Crippen LogP contribution in [0.25, 0.3) is 0 Å². The van der Waals surface area contributed by atoms with Crippen molar-refractivity contribution in [1.29, 1.82) is 0 Å². The van der Waals surface area contributed by atoms with E-state index in [0.29, 0.717) is 28.9 Å². The molecule has 0 unspecified atom stereocenters. The van der Waals surface area contributed by atoms with Crippen LogP contribution in [0.3, 0.4) is 0 Å². The second-order valence-corrected chi connectivity index (χ2v) is 6.92. The van der Waals surface area contributed by atoms with E-state index in [4.69, 9.17) is 9.47 Å². The van der Waals surface area contributed by atoms with Crippen molar-refractivity contribution in [3.05, 3.63) is 23.8 Å². The van der Waals surface area contributed by atoms with Crippen LogP contribution in [0.15, 0.2) is 18.2 Å². The van der Waals surface area contributed by atoms with E-state index in [2.05, 4.69) is 24.1 Å². The van der Waals surface area contributed by atoms with Gasteiger partial charge in [0.1, 0.15) is 0 Å². The fourth-order valence-corrected chi connectivity index (χ4v) is 3.21. The molecule has 2 rings (SSSR count). The van der Waals surface area contributed by atoms with E-state index in [9.17, 15) is 4.79 Å². The number of benzene rings is 1. The number of methoxy groups -OCH3 is 2. The zero-order valence-corrected chi connectivity index (χ0v) is 15.3. The van der Waals surface area contributed by atoms with Crippen LogP contribution >= 0.6 is 0 Å². The van der Waals surface area contributed by atoms with E-state index in [1.807, 2.05) is 0 Å². The van der Waals surface area contributed by atoms with Gasteiger partial charge >= 0.3 is 0 Å². The molecule has 1 N–H and O–H groups in total. The molecule has 0 aliphatic carbocycles. The lowest BCUT2D eigenvalue weighted by Crippen LogP contribution is -2.40. The topological polar surface area (TPSA) is 50.8 Å². The standard InChI is InChI=1S/C19H30N2O3/c1-14(2)13-21-9-7-15(8-10-21)12-20-19(22)16-5-6-17(23-3)18(11-16)24-4/h5-6,11,14-15H,7-10,12-13H2,1-4H3,(H,20,22). The summed E-state index contributed by atoms with van der Waals surface area (Å²) < 4.78 is 10.5. The minimum Gasteiger partial charge on any atom is -0.493 e. The van der Waals surface area contributed by atoms with Crippen LogP contribution in [0.2, 0.25) is 0 Å². The Hall–Kier alpha value is -1.75. The fraction of sp³-hybridized carbons (Fsp3) is 0.632. The van der Waals surface area contributed by atoms with Gasteiger partial charge in [0.25, 0.3) is 5.91 Å². The minimum absolute atomic E-state index is 0.0550. The highest BCUT2D eigenvalue weighted by Crippen LogP contribution is 2.27. The van der Waals surface area contributed by atoms with Crippen molar-refractivity contribution in [1.82, 2.24) is 10.2 Å². The average Bonchev–Trinajstić information content (AvgIpc) is 2.59. The third-order valence-electron chi connectivity index (χ3n) is 4.53. The Kier molecular flexibility index (Phi) is 6.91. The lowest BCUT2D eigenvalue weighted by Gasteiger charge is -2.33. The van der Waals surface area contributed by atoms with Crippen molar-refractivity contribution in [2.75, 3.05) is 40.4 Å². The number of carbonyl (C=O) groups excluding carboxylic acids is 1. The zero-order valence-electron chi connectivity index (χ0n) is 15.3. The summed E-state index contributed by atoms with van der Waals surface area (Å²) in [5.74, 6) is 2.43. The van der Waals surface area contributed by atoms with Gasteiger partial charge in [-0.2, -0.15) is 0 Å². The molecular weight excluding hydrogens is 304 g/mol. The Morgan fingerprint density at radius 2 is 1.88 bits per heavy atom. The van der Waals surface area contributed by atoms with Gasteiger partial charge in [-0.05, 0) is 56.0 Å². The van der Waals surface area contributed by atoms with Crippen LogP contribution < -0.4 is 14.8 Å². The molecule has 24 heavy (non-hydrogen) atoms. The number of ether oxygens (including phenoxy) is 2. The first-order valence-electron chi connectivity index (χ1n) is 8.76. The molecular formula is C19H30N2O3. The molecule has 0 aromatic heterocycles. The average molecular weight is 334 g/mol. The van der Waals surface area contributed by atoms with Gasteiger partial charge in [0, 0.05) is 18.7 Å². The van der Waals surface area contributed by atoms with Crippen molar-refractivity contribution in [3.8, 4) is 11.5 Å². The first kappa shape index (κ1) is 18.6. The van der Waals surface area contributed by atoms with Crippen molar-refractivity contribution in [2.24, 2.45) is 11.8 Å². The molecule has 5 nitrogen and oxygen atoms in total. The van der Waals surface area contributed by atoms with Gasteiger partial charge in [-0.1, -0.05) is 13.8 Å². The number of likely N-dealkylation sites (tertiary alicyclic amines) is 1. The molecule has 5 heteroatoms. The molecule has 0 spiro atoms. The van der Waals surface area contributed by atoms with Gasteiger partial charge < -0.3 is 19.7 Å². The first-order valence-corrected chi connectivity index (χ1v) is 8.76. The van der Waals surface area contributed by atoms with Crippen LogP contribution in [0.1, 0.15) is 37.0 Å². The lowest BCUT2D eigenvalue weighted by molar-refractivity contribution is 0.0934. The van der Waals surface area contributed by atoms with E-state index < -0.39 is 0 Å². The monoisotopic (exact) mass is 334 g/mol. The molecule has 134 valence electrons. The molecule has 1 aromatic rings. The minimum atomic E-state index is -0.0550. The number of nitrogens with zero attached hydrogens (tertiary/aromatic N) is 1. The van der Waals surface area contributed by atoms with E-state index in [1.54, 1.807) is 32.4 Å². The molecule has 1 saturated heterocycles. The Bertz CT molecular complexity index is 537. The highest BCUT2D eigenvalue weighted by atomic mass is 16.5. The summed E-state index contributed by atoms with van der Waals surface area (Å²) in [5.41, 5.74) is 0.602. The largest absolute Gasteiger partial charge is 0.493 e. The second-order valence-electron chi connectivity index (χ2n) is 6.92. The molecule has 0 radical (unpaired) electrons. The van der Waals surface area contributed by atoms with Crippen LogP contribution in [-0.4, -0.2) is 51.2 Å². The van der Waals surface area contributed by atoms with E-state index in [0.717, 1.165) is 32.5 Å². The van der Waals surface area contributed by atoms with Crippen molar-refractivity contribution < 1.29 is 14.3 Å². The van der Waals surface area contributed by atoms with Crippen LogP contribution in [-0.2, 0) is 0 Å². The summed E-state index contributed by atoms with van der Waals surface area (Å²) in [7, 11) is 3.16. The van der Waals surface area contributed by atoms with Gasteiger partial charge in [0.2, 0.25) is 0 Å². The predicted molar refractivity (Wildman–Crippen MR) is 95.9 cm³/mol. The normalized spacial score (nSPS) is 16.2. The van der Waals surface area contributed by atoms with Crippen LogP contribution in [0, 0.1) is 11.8 Å². The number of hydrogen-bond donors (Lipinski definition) is 1. The number of amides is 1. The smallest absolute Gasteiger partial charge is 0.251 e. The van der Waals surface area contributed by atoms with Gasteiger partial charge in [-0.3, -0.25) is 4.79 Å². The first-order chi connectivity index (χ1) is 11.5. The van der Waals surface area contributed by atoms with E-state index in [-0.39, 0.29) is 5.91 Å². The lowest BCUT2D eigenvalue weighted by atomic mass is 9.96. The molecule has 0 saturated carbocycles. The maximum absolute atomic E-state index is 12.3. The fourth-order valence-electron chi connectivity index (χ4n) is 3.21. The quantitative estimate of drug-likeness (QED) is 0.833. The maximum Gasteiger partial charge on any atom is 0.251 e. The highest BCUT2D eigenvalue weighted by molar-refractivity contribution is 5.94. The molecule has 1 aliphatic rings. The number of nitrogens with one attached hydrogen (secondary N) is 1. The molecule has 0 atom stereocenters. The SMILES string of the molecule is COc1ccc(C(=O)NCC2CCN(CC(C)C)CC2)cc1OC. The van der Waals surface area contributed by atoms with Gasteiger partial charge in [0.05, 0.1) is 14.2 Å². The van der Waals surface area contributed by atoms with Crippen molar-refractivity contribution >= 4 is 5.91 Å². The summed E-state index contributed by atoms with van der Waals surface area (Å²) in [6.45, 7) is 8.70. The van der Waals surface area contributed by atoms with Gasteiger partial charge in [-0.25, -0.2) is 0 Å². The van der Waals surface area contributed by atoms with Crippen molar-refractivity contribution in [2.45, 2.75) is 26.7 Å². The number of piperidine rings is 1. The predicted octanol–water partition coefficient (Wildman–Crippen LogP) is 2.80. The molecule has 0 bridgehead atoms. The molecule has 1 heterocycles. The van der Waals surface area contributed by atoms with Crippen LogP contribution in [0.4, 0.5) is 0 Å². The zero-order chi connectivity index (χ0) is 17.5. The van der Waals surface area contributed by atoms with Gasteiger partial charge in [0.15, 0.2) is 11.5 Å². The highest BCUT2D eigenvalue weighted by Gasteiger charge is 2.20. The summed E-state index contributed by atoms with van der Waals surface area (Å²) in [4.78, 5) is 14.9. The Labute approximate surface area is 145 Å². The number of carbonyl (C=O) groups is 1. The maximum atomic E-state index is 12.3. The third kappa shape index (κ3) is 5.13. The van der Waals surface area contributed by atoms with Crippen LogP contribution in [0.5, 0.6) is 11.5 Å². The molecule has 1 aliphatic heterocycles. The van der Waals surface area contributed by atoms with E-state index >= 15 is 0 Å². The number of hydrogen-bond acceptors (Lipinski definition) is 4. The summed E-state index contributed by atoms with van der Waals surface area (Å²) >= 11 is 0. The summed E-state index contributed by atoms with van der Waals surface area (Å²) in [5, 5.41) is 3.06.